The first-order valence-electron chi connectivity index (χ1n) is 11.3. The molecule has 8 heteroatoms. The fourth-order valence-corrected chi connectivity index (χ4v) is 5.16. The first-order valence-corrected chi connectivity index (χ1v) is 11.3. The van der Waals surface area contributed by atoms with E-state index in [0.717, 1.165) is 57.5 Å². The van der Waals surface area contributed by atoms with E-state index in [0.29, 0.717) is 12.1 Å². The van der Waals surface area contributed by atoms with E-state index < -0.39 is 17.2 Å². The van der Waals surface area contributed by atoms with E-state index in [4.69, 9.17) is 10.00 Å². The van der Waals surface area contributed by atoms with Crippen LogP contribution in [0.4, 0.5) is 13.2 Å². The number of hydrogen-bond donors (Lipinski definition) is 1. The highest BCUT2D eigenvalue weighted by Gasteiger charge is 2.49. The van der Waals surface area contributed by atoms with E-state index in [9.17, 15) is 18.0 Å². The Bertz CT molecular complexity index is 859. The molecule has 3 rings (SSSR count). The minimum absolute atomic E-state index is 0.0353. The van der Waals surface area contributed by atoms with Gasteiger partial charge in [0.25, 0.3) is 0 Å². The number of carbonyl (C=O) groups is 1. The zero-order chi connectivity index (χ0) is 23.5. The third kappa shape index (κ3) is 5.26. The Kier molecular flexibility index (Phi) is 7.51. The third-order valence-corrected chi connectivity index (χ3v) is 7.33. The van der Waals surface area contributed by atoms with E-state index >= 15 is 0 Å². The van der Waals surface area contributed by atoms with Crippen LogP contribution in [0.2, 0.25) is 0 Å². The predicted molar refractivity (Wildman–Crippen MR) is 115 cm³/mol. The molecule has 2 aliphatic rings. The SMILES string of the molecule is CC(C)[C@]1(C(=O)NCc2cc(C#N)cc(C(F)(F)F)c2)CC[C@@H](N(C)C2CCOCC2)C1. The van der Waals surface area contributed by atoms with E-state index in [-0.39, 0.29) is 29.5 Å². The lowest BCUT2D eigenvalue weighted by atomic mass is 9.74. The summed E-state index contributed by atoms with van der Waals surface area (Å²) in [6.07, 6.45) is -0.160. The van der Waals surface area contributed by atoms with Crippen molar-refractivity contribution in [3.63, 3.8) is 0 Å². The first-order chi connectivity index (χ1) is 15.1. The van der Waals surface area contributed by atoms with Gasteiger partial charge in [-0.2, -0.15) is 18.4 Å². The van der Waals surface area contributed by atoms with Crippen LogP contribution >= 0.6 is 0 Å². The molecule has 2 atom stereocenters. The fraction of sp³-hybridized carbons (Fsp3) is 0.667. The van der Waals surface area contributed by atoms with Crippen molar-refractivity contribution in [3.8, 4) is 6.07 Å². The Hall–Kier alpha value is -2.11. The number of benzene rings is 1. The molecular weight excluding hydrogens is 419 g/mol. The molecule has 0 spiro atoms. The standard InChI is InChI=1S/C24H32F3N3O2/c1-16(2)23(7-4-21(13-23)30(3)20-5-8-32-9-6-20)22(31)29-15-18-10-17(14-28)11-19(12-18)24(25,26)27/h10-12,16,20-21H,4-9,13,15H2,1-3H3,(H,29,31)/t21-,23+/m1/s1. The summed E-state index contributed by atoms with van der Waals surface area (Å²) < 4.78 is 44.9. The molecule has 2 fully saturated rings. The van der Waals surface area contributed by atoms with Crippen molar-refractivity contribution in [1.82, 2.24) is 10.2 Å². The lowest BCUT2D eigenvalue weighted by Gasteiger charge is -2.37. The van der Waals surface area contributed by atoms with Crippen LogP contribution in [0, 0.1) is 22.7 Å². The number of amides is 1. The van der Waals surface area contributed by atoms with Crippen LogP contribution < -0.4 is 5.32 Å². The molecule has 1 heterocycles. The molecule has 1 aliphatic heterocycles. The third-order valence-electron chi connectivity index (χ3n) is 7.33. The Morgan fingerprint density at radius 1 is 1.25 bits per heavy atom. The van der Waals surface area contributed by atoms with Gasteiger partial charge in [0.05, 0.1) is 22.6 Å². The maximum Gasteiger partial charge on any atom is 0.416 e. The molecule has 176 valence electrons. The first kappa shape index (κ1) is 24.5. The van der Waals surface area contributed by atoms with Crippen molar-refractivity contribution in [1.29, 1.82) is 5.26 Å². The zero-order valence-corrected chi connectivity index (χ0v) is 19.0. The highest BCUT2D eigenvalue weighted by atomic mass is 19.4. The second-order valence-corrected chi connectivity index (χ2v) is 9.43. The molecule has 1 saturated heterocycles. The number of halogens is 3. The van der Waals surface area contributed by atoms with E-state index in [1.807, 2.05) is 13.8 Å². The van der Waals surface area contributed by atoms with Gasteiger partial charge in [-0.05, 0) is 68.8 Å². The summed E-state index contributed by atoms with van der Waals surface area (Å²) in [7, 11) is 2.13. The summed E-state index contributed by atoms with van der Waals surface area (Å²) in [5, 5.41) is 12.0. The second kappa shape index (κ2) is 9.80. The zero-order valence-electron chi connectivity index (χ0n) is 19.0. The molecule has 5 nitrogen and oxygen atoms in total. The predicted octanol–water partition coefficient (Wildman–Crippen LogP) is 4.50. The number of nitrogens with one attached hydrogen (secondary N) is 1. The van der Waals surface area contributed by atoms with Crippen LogP contribution in [0.1, 0.15) is 62.6 Å². The van der Waals surface area contributed by atoms with Gasteiger partial charge in [-0.3, -0.25) is 4.79 Å². The molecule has 0 bridgehead atoms. The molecule has 1 amide bonds. The number of hydrogen-bond acceptors (Lipinski definition) is 4. The van der Waals surface area contributed by atoms with Crippen LogP contribution in [-0.4, -0.2) is 43.2 Å². The van der Waals surface area contributed by atoms with E-state index in [1.54, 1.807) is 6.07 Å². The van der Waals surface area contributed by atoms with Crippen molar-refractivity contribution >= 4 is 5.91 Å². The quantitative estimate of drug-likeness (QED) is 0.692. The van der Waals surface area contributed by atoms with Gasteiger partial charge >= 0.3 is 6.18 Å². The number of alkyl halides is 3. The monoisotopic (exact) mass is 451 g/mol. The number of nitriles is 1. The van der Waals surface area contributed by atoms with Crippen LogP contribution in [-0.2, 0) is 22.3 Å². The lowest BCUT2D eigenvalue weighted by Crippen LogP contribution is -2.46. The topological polar surface area (TPSA) is 65.4 Å². The van der Waals surface area contributed by atoms with Gasteiger partial charge in [-0.1, -0.05) is 13.8 Å². The summed E-state index contributed by atoms with van der Waals surface area (Å²) in [6.45, 7) is 5.56. The van der Waals surface area contributed by atoms with Gasteiger partial charge in [0, 0.05) is 31.8 Å². The summed E-state index contributed by atoms with van der Waals surface area (Å²) >= 11 is 0. The number of rotatable bonds is 6. The largest absolute Gasteiger partial charge is 0.416 e. The van der Waals surface area contributed by atoms with E-state index in [1.165, 1.54) is 6.07 Å². The summed E-state index contributed by atoms with van der Waals surface area (Å²) in [6, 6.07) is 5.74. The molecule has 1 aromatic rings. The van der Waals surface area contributed by atoms with Crippen molar-refractivity contribution < 1.29 is 22.7 Å². The van der Waals surface area contributed by atoms with Crippen molar-refractivity contribution in [2.24, 2.45) is 11.3 Å². The van der Waals surface area contributed by atoms with Crippen LogP contribution in [0.25, 0.3) is 0 Å². The van der Waals surface area contributed by atoms with Gasteiger partial charge in [-0.25, -0.2) is 0 Å². The molecule has 1 N–H and O–H groups in total. The smallest absolute Gasteiger partial charge is 0.381 e. The summed E-state index contributed by atoms with van der Waals surface area (Å²) in [4.78, 5) is 15.7. The molecule has 0 aromatic heterocycles. The molecular formula is C24H32F3N3O2. The van der Waals surface area contributed by atoms with Crippen LogP contribution in [0.3, 0.4) is 0 Å². The Morgan fingerprint density at radius 2 is 1.94 bits per heavy atom. The molecule has 1 saturated carbocycles. The molecule has 0 unspecified atom stereocenters. The van der Waals surface area contributed by atoms with Gasteiger partial charge < -0.3 is 15.0 Å². The van der Waals surface area contributed by atoms with Crippen LogP contribution in [0.15, 0.2) is 18.2 Å². The maximum absolute atomic E-state index is 13.3. The fourth-order valence-electron chi connectivity index (χ4n) is 5.16. The molecule has 1 aromatic carbocycles. The minimum Gasteiger partial charge on any atom is -0.381 e. The van der Waals surface area contributed by atoms with E-state index in [2.05, 4.69) is 17.3 Å². The van der Waals surface area contributed by atoms with Crippen molar-refractivity contribution in [2.75, 3.05) is 20.3 Å². The molecule has 32 heavy (non-hydrogen) atoms. The van der Waals surface area contributed by atoms with Crippen molar-refractivity contribution in [3.05, 3.63) is 34.9 Å². The average molecular weight is 452 g/mol. The summed E-state index contributed by atoms with van der Waals surface area (Å²) in [5.74, 6) is -0.0157. The van der Waals surface area contributed by atoms with Gasteiger partial charge in [0.1, 0.15) is 0 Å². The van der Waals surface area contributed by atoms with Gasteiger partial charge in [0.15, 0.2) is 0 Å². The number of ether oxygens (including phenoxy) is 1. The highest BCUT2D eigenvalue weighted by Crippen LogP contribution is 2.46. The van der Waals surface area contributed by atoms with Crippen molar-refractivity contribution in [2.45, 2.75) is 70.8 Å². The lowest BCUT2D eigenvalue weighted by molar-refractivity contribution is -0.137. The second-order valence-electron chi connectivity index (χ2n) is 9.43. The normalized spacial score (nSPS) is 24.7. The Morgan fingerprint density at radius 3 is 2.53 bits per heavy atom. The maximum atomic E-state index is 13.3. The number of carbonyl (C=O) groups excluding carboxylic acids is 1. The van der Waals surface area contributed by atoms with Gasteiger partial charge in [-0.15, -0.1) is 0 Å². The molecule has 0 radical (unpaired) electrons. The summed E-state index contributed by atoms with van der Waals surface area (Å²) in [5.41, 5.74) is -1.22. The highest BCUT2D eigenvalue weighted by molar-refractivity contribution is 5.83. The Balaban J connectivity index is 1.71. The minimum atomic E-state index is -4.54. The Labute approximate surface area is 187 Å². The van der Waals surface area contributed by atoms with Gasteiger partial charge in [0.2, 0.25) is 5.91 Å². The molecule has 1 aliphatic carbocycles. The number of nitrogens with zero attached hydrogens (tertiary/aromatic N) is 2. The van der Waals surface area contributed by atoms with Crippen LogP contribution in [0.5, 0.6) is 0 Å². The average Bonchev–Trinajstić information content (AvgIpc) is 3.23.